The van der Waals surface area contributed by atoms with E-state index in [9.17, 15) is 31.6 Å². The van der Waals surface area contributed by atoms with Crippen LogP contribution in [0, 0.1) is 11.3 Å². The molecule has 176 valence electrons. The minimum atomic E-state index is -4.76. The lowest BCUT2D eigenvalue weighted by Gasteiger charge is -2.38. The number of hydrogen-bond acceptors (Lipinski definition) is 3. The van der Waals surface area contributed by atoms with Crippen LogP contribution in [0.2, 0.25) is 5.02 Å². The molecule has 1 N–H and O–H groups in total. The average Bonchev–Trinajstić information content (AvgIpc) is 3.14. The maximum absolute atomic E-state index is 13.8. The fourth-order valence-electron chi connectivity index (χ4n) is 3.89. The number of aromatic nitrogens is 2. The highest BCUT2D eigenvalue weighted by Gasteiger charge is 2.44. The Morgan fingerprint density at radius 1 is 1.15 bits per heavy atom. The van der Waals surface area contributed by atoms with E-state index in [1.54, 1.807) is 6.07 Å². The smallest absolute Gasteiger partial charge is 0.355 e. The molecule has 0 fully saturated rings. The summed E-state index contributed by atoms with van der Waals surface area (Å²) in [6.45, 7) is 3.66. The minimum absolute atomic E-state index is 0.0486. The lowest BCUT2D eigenvalue weighted by Crippen LogP contribution is -2.41. The molecular weight excluding hydrogens is 505 g/mol. The molecule has 34 heavy (non-hydrogen) atoms. The molecule has 3 aromatic rings. The van der Waals surface area contributed by atoms with Crippen LogP contribution in [0.25, 0.3) is 16.8 Å². The van der Waals surface area contributed by atoms with Crippen LogP contribution in [0.15, 0.2) is 49.1 Å². The summed E-state index contributed by atoms with van der Waals surface area (Å²) in [7, 11) is 0. The van der Waals surface area contributed by atoms with Gasteiger partial charge in [-0.15, -0.1) is 18.2 Å². The molecule has 1 aromatic heterocycles. The van der Waals surface area contributed by atoms with Crippen LogP contribution in [0.4, 0.5) is 32.2 Å². The third kappa shape index (κ3) is 3.60. The molecule has 0 saturated carbocycles. The topological polar surface area (TPSA) is 53.6 Å². The molecule has 2 heterocycles. The van der Waals surface area contributed by atoms with Crippen LogP contribution in [-0.2, 0) is 17.9 Å². The molecule has 0 aliphatic carbocycles. The Morgan fingerprint density at radius 3 is 2.38 bits per heavy atom. The number of benzene rings is 2. The first kappa shape index (κ1) is 24.0. The van der Waals surface area contributed by atoms with Crippen LogP contribution < -0.4 is 5.32 Å². The molecule has 0 radical (unpaired) electrons. The monoisotopic (exact) mass is 516 g/mol. The quantitative estimate of drug-likeness (QED) is 0.228. The number of hydrogen-bond donors (Lipinski definition) is 1. The zero-order valence-electron chi connectivity index (χ0n) is 16.8. The molecule has 4 nitrogen and oxygen atoms in total. The third-order valence-corrected chi connectivity index (χ3v) is 6.19. The Morgan fingerprint density at radius 2 is 1.82 bits per heavy atom. The SMILES string of the molecule is C=CC1(CCl)Nc2c(-c3ccccc3C(F)(F)F)c(C#N)nn2-c2c(Cl)cc(C(F)(F)F)cc21. The molecule has 1 aliphatic heterocycles. The first-order chi connectivity index (χ1) is 15.9. The van der Waals surface area contributed by atoms with Crippen molar-refractivity contribution >= 4 is 29.0 Å². The van der Waals surface area contributed by atoms with Gasteiger partial charge in [0, 0.05) is 11.1 Å². The van der Waals surface area contributed by atoms with Crippen molar-refractivity contribution < 1.29 is 26.3 Å². The minimum Gasteiger partial charge on any atom is -0.355 e. The predicted octanol–water partition coefficient (Wildman–Crippen LogP) is 7.15. The number of rotatable bonds is 3. The molecule has 4 rings (SSSR count). The number of anilines is 1. The van der Waals surface area contributed by atoms with E-state index in [0.717, 1.165) is 16.8 Å². The summed E-state index contributed by atoms with van der Waals surface area (Å²) in [4.78, 5) is 0. The van der Waals surface area contributed by atoms with E-state index in [1.165, 1.54) is 24.3 Å². The Bertz CT molecular complexity index is 1350. The molecule has 1 atom stereocenters. The molecule has 0 saturated heterocycles. The van der Waals surface area contributed by atoms with E-state index in [4.69, 9.17) is 23.2 Å². The van der Waals surface area contributed by atoms with E-state index in [2.05, 4.69) is 17.0 Å². The molecule has 12 heteroatoms. The van der Waals surface area contributed by atoms with Crippen molar-refractivity contribution in [3.05, 3.63) is 76.5 Å². The van der Waals surface area contributed by atoms with Crippen LogP contribution in [0.1, 0.15) is 22.4 Å². The zero-order valence-corrected chi connectivity index (χ0v) is 18.3. The highest BCUT2D eigenvalue weighted by Crippen LogP contribution is 2.49. The number of nitriles is 1. The fraction of sp³-hybridized carbons (Fsp3) is 0.182. The van der Waals surface area contributed by atoms with Gasteiger partial charge in [-0.1, -0.05) is 35.9 Å². The molecule has 2 aromatic carbocycles. The largest absolute Gasteiger partial charge is 0.417 e. The summed E-state index contributed by atoms with van der Waals surface area (Å²) < 4.78 is 82.7. The summed E-state index contributed by atoms with van der Waals surface area (Å²) in [5.74, 6) is -0.447. The van der Waals surface area contributed by atoms with Crippen LogP contribution >= 0.6 is 23.2 Å². The van der Waals surface area contributed by atoms with Gasteiger partial charge in [0.05, 0.1) is 38.8 Å². The number of nitrogens with zero attached hydrogens (tertiary/aromatic N) is 3. The Hall–Kier alpha value is -3.16. The molecular formula is C22H12Cl2F6N4. The molecule has 0 bridgehead atoms. The summed E-state index contributed by atoms with van der Waals surface area (Å²) >= 11 is 12.4. The molecule has 1 unspecified atom stereocenters. The van der Waals surface area contributed by atoms with Gasteiger partial charge in [-0.3, -0.25) is 0 Å². The first-order valence-corrected chi connectivity index (χ1v) is 10.4. The van der Waals surface area contributed by atoms with Crippen molar-refractivity contribution in [2.24, 2.45) is 0 Å². The summed E-state index contributed by atoms with van der Waals surface area (Å²) in [5, 5.41) is 16.2. The summed E-state index contributed by atoms with van der Waals surface area (Å²) in [5.41, 5.74) is -4.70. The molecule has 0 spiro atoms. The van der Waals surface area contributed by atoms with Gasteiger partial charge >= 0.3 is 12.4 Å². The van der Waals surface area contributed by atoms with Crippen molar-refractivity contribution in [3.8, 4) is 22.9 Å². The first-order valence-electron chi connectivity index (χ1n) is 9.47. The van der Waals surface area contributed by atoms with Crippen molar-refractivity contribution in [2.75, 3.05) is 11.2 Å². The second kappa shape index (κ2) is 7.96. The van der Waals surface area contributed by atoms with E-state index in [0.29, 0.717) is 6.07 Å². The van der Waals surface area contributed by atoms with Gasteiger partial charge in [0.2, 0.25) is 0 Å². The fourth-order valence-corrected chi connectivity index (χ4v) is 4.51. The van der Waals surface area contributed by atoms with Gasteiger partial charge in [0.25, 0.3) is 0 Å². The number of nitrogens with one attached hydrogen (secondary N) is 1. The van der Waals surface area contributed by atoms with Crippen molar-refractivity contribution in [1.82, 2.24) is 9.78 Å². The summed E-state index contributed by atoms with van der Waals surface area (Å²) in [6, 6.07) is 7.82. The maximum Gasteiger partial charge on any atom is 0.417 e. The highest BCUT2D eigenvalue weighted by atomic mass is 35.5. The van der Waals surface area contributed by atoms with Crippen LogP contribution in [-0.4, -0.2) is 15.7 Å². The van der Waals surface area contributed by atoms with E-state index < -0.39 is 34.7 Å². The second-order valence-corrected chi connectivity index (χ2v) is 8.10. The van der Waals surface area contributed by atoms with Crippen molar-refractivity contribution in [2.45, 2.75) is 17.9 Å². The van der Waals surface area contributed by atoms with Gasteiger partial charge in [0.15, 0.2) is 5.69 Å². The predicted molar refractivity (Wildman–Crippen MR) is 115 cm³/mol. The standard InChI is InChI=1S/C22H12Cl2F6N4/c1-2-20(10-23)14-7-11(21(25,26)27)8-15(24)18(14)34-19(32-20)17(16(9-31)33-34)12-5-3-4-6-13(12)22(28,29)30/h2-8,32H,1,10H2. The van der Waals surface area contributed by atoms with E-state index >= 15 is 0 Å². The van der Waals surface area contributed by atoms with Gasteiger partial charge in [0.1, 0.15) is 11.9 Å². The van der Waals surface area contributed by atoms with Crippen molar-refractivity contribution in [1.29, 1.82) is 5.26 Å². The lowest BCUT2D eigenvalue weighted by atomic mass is 9.86. The Labute approximate surface area is 199 Å². The third-order valence-electron chi connectivity index (χ3n) is 5.48. The van der Waals surface area contributed by atoms with Gasteiger partial charge in [-0.2, -0.15) is 36.7 Å². The summed E-state index contributed by atoms with van der Waals surface area (Å²) in [6.07, 6.45) is -8.26. The Balaban J connectivity index is 2.12. The Kier molecular flexibility index (Phi) is 5.61. The van der Waals surface area contributed by atoms with Crippen LogP contribution in [0.3, 0.4) is 0 Å². The zero-order chi connectivity index (χ0) is 25.1. The number of alkyl halides is 7. The highest BCUT2D eigenvalue weighted by molar-refractivity contribution is 6.33. The van der Waals surface area contributed by atoms with Gasteiger partial charge in [-0.05, 0) is 18.2 Å². The van der Waals surface area contributed by atoms with Crippen LogP contribution in [0.5, 0.6) is 0 Å². The number of fused-ring (bicyclic) bond motifs is 3. The van der Waals surface area contributed by atoms with Gasteiger partial charge < -0.3 is 5.32 Å². The van der Waals surface area contributed by atoms with Gasteiger partial charge in [-0.25, -0.2) is 4.68 Å². The second-order valence-electron chi connectivity index (χ2n) is 7.43. The molecule has 0 amide bonds. The van der Waals surface area contributed by atoms with E-state index in [1.807, 2.05) is 0 Å². The van der Waals surface area contributed by atoms with Crippen molar-refractivity contribution in [3.63, 3.8) is 0 Å². The van der Waals surface area contributed by atoms with E-state index in [-0.39, 0.29) is 39.1 Å². The molecule has 1 aliphatic rings. The number of halogens is 8. The lowest BCUT2D eigenvalue weighted by molar-refractivity contribution is -0.138. The average molecular weight is 517 g/mol. The maximum atomic E-state index is 13.8. The normalized spacial score (nSPS) is 17.4.